The molecule has 1 saturated carbocycles. The van der Waals surface area contributed by atoms with Crippen molar-refractivity contribution in [3.8, 4) is 11.4 Å². The predicted molar refractivity (Wildman–Crippen MR) is 115 cm³/mol. The lowest BCUT2D eigenvalue weighted by Crippen LogP contribution is -2.41. The smallest absolute Gasteiger partial charge is 0.253 e. The number of aromatic nitrogens is 2. The van der Waals surface area contributed by atoms with E-state index in [0.717, 1.165) is 18.4 Å². The van der Waals surface area contributed by atoms with E-state index in [4.69, 9.17) is 4.52 Å². The highest BCUT2D eigenvalue weighted by Gasteiger charge is 2.30. The van der Waals surface area contributed by atoms with Crippen LogP contribution in [0.3, 0.4) is 0 Å². The van der Waals surface area contributed by atoms with Gasteiger partial charge in [-0.25, -0.2) is 4.39 Å². The molecule has 1 aliphatic heterocycles. The number of carbonyl (C=O) groups excluding carboxylic acids is 2. The van der Waals surface area contributed by atoms with E-state index in [0.29, 0.717) is 54.8 Å². The first-order valence-electron chi connectivity index (χ1n) is 10.9. The maximum Gasteiger partial charge on any atom is 0.253 e. The van der Waals surface area contributed by atoms with Gasteiger partial charge in [0.2, 0.25) is 17.6 Å². The molecule has 1 N–H and O–H groups in total. The zero-order chi connectivity index (χ0) is 22.1. The van der Waals surface area contributed by atoms with Gasteiger partial charge in [-0.3, -0.25) is 9.59 Å². The van der Waals surface area contributed by atoms with Crippen molar-refractivity contribution in [2.75, 3.05) is 18.4 Å². The number of hydrogen-bond acceptors (Lipinski definition) is 5. The van der Waals surface area contributed by atoms with E-state index in [1.807, 2.05) is 12.1 Å². The van der Waals surface area contributed by atoms with Crippen LogP contribution in [0.5, 0.6) is 0 Å². The zero-order valence-corrected chi connectivity index (χ0v) is 17.5. The number of rotatable bonds is 5. The van der Waals surface area contributed by atoms with Crippen LogP contribution in [0.15, 0.2) is 53.1 Å². The van der Waals surface area contributed by atoms with Crippen LogP contribution in [0.2, 0.25) is 0 Å². The van der Waals surface area contributed by atoms with Crippen molar-refractivity contribution < 1.29 is 18.5 Å². The largest absolute Gasteiger partial charge is 0.339 e. The van der Waals surface area contributed by atoms with Crippen molar-refractivity contribution in [3.05, 3.63) is 65.8 Å². The summed E-state index contributed by atoms with van der Waals surface area (Å²) in [5, 5.41) is 6.85. The molecule has 2 amide bonds. The number of nitrogens with zero attached hydrogens (tertiary/aromatic N) is 3. The summed E-state index contributed by atoms with van der Waals surface area (Å²) in [4.78, 5) is 31.6. The normalized spacial score (nSPS) is 16.7. The summed E-state index contributed by atoms with van der Waals surface area (Å²) in [6, 6.07) is 12.9. The Morgan fingerprint density at radius 3 is 2.31 bits per heavy atom. The Morgan fingerprint density at radius 2 is 1.66 bits per heavy atom. The molecule has 5 rings (SSSR count). The number of benzene rings is 2. The number of piperidine rings is 1. The summed E-state index contributed by atoms with van der Waals surface area (Å²) in [6.45, 7) is 1.02. The van der Waals surface area contributed by atoms with E-state index < -0.39 is 0 Å². The fourth-order valence-corrected chi connectivity index (χ4v) is 3.92. The third-order valence-corrected chi connectivity index (χ3v) is 6.02. The van der Waals surface area contributed by atoms with Gasteiger partial charge in [0.25, 0.3) is 5.91 Å². The van der Waals surface area contributed by atoms with Crippen LogP contribution in [0.25, 0.3) is 11.4 Å². The molecule has 0 spiro atoms. The fourth-order valence-electron chi connectivity index (χ4n) is 3.92. The molecular formula is C24H23FN4O3. The molecule has 2 fully saturated rings. The molecule has 0 unspecified atom stereocenters. The minimum absolute atomic E-state index is 0.0549. The van der Waals surface area contributed by atoms with Crippen molar-refractivity contribution >= 4 is 17.5 Å². The minimum atomic E-state index is -0.344. The predicted octanol–water partition coefficient (Wildman–Crippen LogP) is 4.24. The second kappa shape index (κ2) is 8.53. The summed E-state index contributed by atoms with van der Waals surface area (Å²) >= 11 is 0. The Labute approximate surface area is 184 Å². The van der Waals surface area contributed by atoms with E-state index >= 15 is 0 Å². The molecule has 7 nitrogen and oxygen atoms in total. The van der Waals surface area contributed by atoms with Gasteiger partial charge in [-0.1, -0.05) is 17.3 Å². The van der Waals surface area contributed by atoms with E-state index in [1.165, 1.54) is 24.3 Å². The molecule has 1 saturated heterocycles. The highest BCUT2D eigenvalue weighted by Crippen LogP contribution is 2.39. The second-order valence-corrected chi connectivity index (χ2v) is 8.37. The van der Waals surface area contributed by atoms with Gasteiger partial charge >= 0.3 is 0 Å². The molecule has 8 heteroatoms. The van der Waals surface area contributed by atoms with Gasteiger partial charge in [0, 0.05) is 41.7 Å². The molecule has 0 radical (unpaired) electrons. The van der Waals surface area contributed by atoms with Crippen molar-refractivity contribution in [1.29, 1.82) is 0 Å². The van der Waals surface area contributed by atoms with Crippen molar-refractivity contribution in [3.63, 3.8) is 0 Å². The van der Waals surface area contributed by atoms with Crippen molar-refractivity contribution in [2.45, 2.75) is 31.6 Å². The lowest BCUT2D eigenvalue weighted by molar-refractivity contribution is -0.121. The van der Waals surface area contributed by atoms with E-state index in [9.17, 15) is 14.0 Å². The van der Waals surface area contributed by atoms with Crippen LogP contribution < -0.4 is 5.32 Å². The van der Waals surface area contributed by atoms with Gasteiger partial charge in [-0.2, -0.15) is 4.98 Å². The summed E-state index contributed by atoms with van der Waals surface area (Å²) in [5.41, 5.74) is 1.98. The molecule has 164 valence electrons. The lowest BCUT2D eigenvalue weighted by Gasteiger charge is -2.31. The van der Waals surface area contributed by atoms with Crippen LogP contribution >= 0.6 is 0 Å². The van der Waals surface area contributed by atoms with E-state index in [1.54, 1.807) is 17.0 Å². The highest BCUT2D eigenvalue weighted by molar-refractivity contribution is 5.95. The highest BCUT2D eigenvalue weighted by atomic mass is 19.1. The van der Waals surface area contributed by atoms with Crippen LogP contribution in [0.4, 0.5) is 10.1 Å². The monoisotopic (exact) mass is 434 g/mol. The molecule has 2 aromatic carbocycles. The zero-order valence-electron chi connectivity index (χ0n) is 17.5. The Hall–Kier alpha value is -3.55. The Bertz CT molecular complexity index is 1110. The topological polar surface area (TPSA) is 88.3 Å². The average Bonchev–Trinajstić information content (AvgIpc) is 3.57. The molecule has 32 heavy (non-hydrogen) atoms. The minimum Gasteiger partial charge on any atom is -0.339 e. The summed E-state index contributed by atoms with van der Waals surface area (Å²) in [7, 11) is 0. The molecular weight excluding hydrogens is 411 g/mol. The quantitative estimate of drug-likeness (QED) is 0.649. The summed E-state index contributed by atoms with van der Waals surface area (Å²) < 4.78 is 18.3. The van der Waals surface area contributed by atoms with Gasteiger partial charge in [0.1, 0.15) is 5.82 Å². The number of nitrogens with one attached hydrogen (secondary N) is 1. The molecule has 0 bridgehead atoms. The van der Waals surface area contributed by atoms with Gasteiger partial charge in [-0.05, 0) is 62.1 Å². The van der Waals surface area contributed by atoms with Crippen LogP contribution in [0.1, 0.15) is 47.8 Å². The number of anilines is 1. The number of likely N-dealkylation sites (tertiary alicyclic amines) is 1. The first-order valence-corrected chi connectivity index (χ1v) is 10.9. The Morgan fingerprint density at radius 1 is 0.969 bits per heavy atom. The third kappa shape index (κ3) is 4.39. The number of carbonyl (C=O) groups is 2. The molecule has 1 aliphatic carbocycles. The molecule has 3 aromatic rings. The number of amides is 2. The van der Waals surface area contributed by atoms with Crippen LogP contribution in [-0.4, -0.2) is 39.9 Å². The third-order valence-electron chi connectivity index (χ3n) is 6.02. The molecule has 0 atom stereocenters. The molecule has 1 aromatic heterocycles. The standard InChI is InChI=1S/C24H23FN4O3/c25-19-7-9-20(10-8-19)26-22(30)16-11-13-29(14-12-16)24(31)18-5-1-15(2-6-18)21-27-23(32-28-21)17-3-4-17/h1-2,5-10,16-17H,3-4,11-14H2,(H,26,30). The SMILES string of the molecule is O=C(Nc1ccc(F)cc1)C1CCN(C(=O)c2ccc(-c3noc(C4CC4)n3)cc2)CC1. The maximum atomic E-state index is 13.0. The summed E-state index contributed by atoms with van der Waals surface area (Å²) in [5.74, 6) is 0.955. The summed E-state index contributed by atoms with van der Waals surface area (Å²) in [6.07, 6.45) is 3.37. The Balaban J connectivity index is 1.16. The van der Waals surface area contributed by atoms with Gasteiger partial charge in [0.05, 0.1) is 0 Å². The van der Waals surface area contributed by atoms with Gasteiger partial charge in [-0.15, -0.1) is 0 Å². The molecule has 2 aliphatic rings. The first-order chi connectivity index (χ1) is 15.6. The van der Waals surface area contributed by atoms with Crippen LogP contribution in [0, 0.1) is 11.7 Å². The average molecular weight is 434 g/mol. The van der Waals surface area contributed by atoms with Gasteiger partial charge < -0.3 is 14.7 Å². The van der Waals surface area contributed by atoms with Gasteiger partial charge in [0.15, 0.2) is 0 Å². The Kier molecular flexibility index (Phi) is 5.43. The second-order valence-electron chi connectivity index (χ2n) is 8.37. The first kappa shape index (κ1) is 20.4. The number of halogens is 1. The van der Waals surface area contributed by atoms with Crippen molar-refractivity contribution in [1.82, 2.24) is 15.0 Å². The van der Waals surface area contributed by atoms with E-state index in [-0.39, 0.29) is 23.5 Å². The van der Waals surface area contributed by atoms with E-state index in [2.05, 4.69) is 15.5 Å². The fraction of sp³-hybridized carbons (Fsp3) is 0.333. The lowest BCUT2D eigenvalue weighted by atomic mass is 9.95. The van der Waals surface area contributed by atoms with Crippen molar-refractivity contribution in [2.24, 2.45) is 5.92 Å². The molecule has 2 heterocycles. The number of hydrogen-bond donors (Lipinski definition) is 1. The maximum absolute atomic E-state index is 13.0. The van der Waals surface area contributed by atoms with Crippen LogP contribution in [-0.2, 0) is 4.79 Å².